The van der Waals surface area contributed by atoms with Crippen molar-refractivity contribution in [2.24, 2.45) is 5.10 Å². The summed E-state index contributed by atoms with van der Waals surface area (Å²) >= 11 is 6.11. The van der Waals surface area contributed by atoms with Crippen molar-refractivity contribution < 1.29 is 9.53 Å². The molecule has 1 aliphatic rings. The lowest BCUT2D eigenvalue weighted by atomic mass is 10.0. The fraction of sp³-hybridized carbons (Fsp3) is 0.200. The number of rotatable bonds is 6. The number of benzene rings is 2. The van der Waals surface area contributed by atoms with E-state index in [1.54, 1.807) is 13.2 Å². The average Bonchev–Trinajstić information content (AvgIpc) is 3.19. The molecule has 140 valence electrons. The number of halogens is 1. The number of nitrogens with zero attached hydrogens (tertiary/aromatic N) is 1. The van der Waals surface area contributed by atoms with Crippen molar-refractivity contribution in [1.29, 1.82) is 0 Å². The van der Waals surface area contributed by atoms with Crippen LogP contribution in [0.15, 0.2) is 64.7 Å². The second-order valence-electron chi connectivity index (χ2n) is 6.08. The Morgan fingerprint density at radius 3 is 2.63 bits per heavy atom. The molecule has 3 rings (SSSR count). The van der Waals surface area contributed by atoms with Crippen LogP contribution in [0.3, 0.4) is 0 Å². The molecule has 0 radical (unpaired) electrons. The molecule has 0 bridgehead atoms. The predicted molar refractivity (Wildman–Crippen MR) is 107 cm³/mol. The van der Waals surface area contributed by atoms with Crippen molar-refractivity contribution in [2.45, 2.75) is 18.5 Å². The van der Waals surface area contributed by atoms with Crippen molar-refractivity contribution in [3.05, 3.63) is 70.8 Å². The summed E-state index contributed by atoms with van der Waals surface area (Å²) < 4.78 is 5.16. The number of hydrazone groups is 1. The van der Waals surface area contributed by atoms with Gasteiger partial charge in [-0.2, -0.15) is 5.10 Å². The van der Waals surface area contributed by atoms with E-state index >= 15 is 0 Å². The number of hydrazine groups is 1. The van der Waals surface area contributed by atoms with Gasteiger partial charge >= 0.3 is 0 Å². The van der Waals surface area contributed by atoms with Gasteiger partial charge in [-0.3, -0.25) is 4.79 Å². The molecule has 7 heteroatoms. The third kappa shape index (κ3) is 5.40. The second kappa shape index (κ2) is 9.32. The number of carbonyl (C=O) groups excluding carboxylic acids is 1. The molecule has 2 aromatic rings. The summed E-state index contributed by atoms with van der Waals surface area (Å²) in [6, 6.07) is 17.1. The fourth-order valence-electron chi connectivity index (χ4n) is 2.76. The van der Waals surface area contributed by atoms with Gasteiger partial charge < -0.3 is 4.74 Å². The number of hydrogen-bond acceptors (Lipinski definition) is 5. The highest BCUT2D eigenvalue weighted by molar-refractivity contribution is 6.41. The summed E-state index contributed by atoms with van der Waals surface area (Å²) in [5.74, 6) is 0.577. The van der Waals surface area contributed by atoms with E-state index in [0.29, 0.717) is 11.5 Å². The third-order valence-corrected chi connectivity index (χ3v) is 4.41. The molecule has 2 unspecified atom stereocenters. The Bertz CT molecular complexity index is 822. The Kier molecular flexibility index (Phi) is 6.59. The minimum absolute atomic E-state index is 0.0391. The highest BCUT2D eigenvalue weighted by Crippen LogP contribution is 2.24. The Morgan fingerprint density at radius 1 is 1.19 bits per heavy atom. The summed E-state index contributed by atoms with van der Waals surface area (Å²) in [6.45, 7) is 0. The molecule has 2 atom stereocenters. The molecule has 0 spiro atoms. The molecule has 3 N–H and O–H groups in total. The van der Waals surface area contributed by atoms with E-state index in [2.05, 4.69) is 21.4 Å². The number of amides is 1. The van der Waals surface area contributed by atoms with E-state index in [1.807, 2.05) is 54.6 Å². The van der Waals surface area contributed by atoms with Crippen LogP contribution < -0.4 is 21.0 Å². The number of carbonyl (C=O) groups is 1. The summed E-state index contributed by atoms with van der Waals surface area (Å²) in [6.07, 6.45) is 3.79. The molecule has 1 fully saturated rings. The number of methoxy groups -OCH3 is 1. The van der Waals surface area contributed by atoms with Crippen molar-refractivity contribution in [1.82, 2.24) is 16.3 Å². The third-order valence-electron chi connectivity index (χ3n) is 4.20. The zero-order valence-corrected chi connectivity index (χ0v) is 15.6. The second-order valence-corrected chi connectivity index (χ2v) is 6.51. The van der Waals surface area contributed by atoms with Crippen molar-refractivity contribution in [3.63, 3.8) is 0 Å². The maximum absolute atomic E-state index is 12.3. The van der Waals surface area contributed by atoms with E-state index in [0.717, 1.165) is 16.9 Å². The first-order valence-corrected chi connectivity index (χ1v) is 8.93. The molecule has 6 nitrogen and oxygen atoms in total. The summed E-state index contributed by atoms with van der Waals surface area (Å²) in [5.41, 5.74) is 10.7. The van der Waals surface area contributed by atoms with Crippen molar-refractivity contribution in [3.8, 4) is 5.75 Å². The minimum Gasteiger partial charge on any atom is -0.497 e. The normalized spacial score (nSPS) is 20.0. The van der Waals surface area contributed by atoms with Crippen LogP contribution in [-0.2, 0) is 4.79 Å². The Hall–Kier alpha value is -2.67. The minimum atomic E-state index is -0.383. The van der Waals surface area contributed by atoms with Gasteiger partial charge in [-0.15, -0.1) is 0 Å². The highest BCUT2D eigenvalue weighted by Gasteiger charge is 2.29. The largest absolute Gasteiger partial charge is 0.497 e. The maximum Gasteiger partial charge on any atom is 0.258 e. The Labute approximate surface area is 163 Å². The molecule has 1 saturated heterocycles. The topological polar surface area (TPSA) is 74.8 Å². The molecule has 2 aromatic carbocycles. The molecule has 0 aliphatic carbocycles. The number of allylic oxidation sites excluding steroid dienone is 1. The van der Waals surface area contributed by atoms with Crippen LogP contribution in [0.2, 0.25) is 0 Å². The van der Waals surface area contributed by atoms with Gasteiger partial charge in [0.25, 0.3) is 5.91 Å². The van der Waals surface area contributed by atoms with Gasteiger partial charge in [0.1, 0.15) is 11.8 Å². The SMILES string of the molecule is COc1ccc(C2CC(C(=O)N/N=C/C(Cl)=C/c3ccccc3)NN2)cc1. The molecule has 1 aliphatic heterocycles. The zero-order chi connectivity index (χ0) is 19.1. The molecule has 27 heavy (non-hydrogen) atoms. The van der Waals surface area contributed by atoms with E-state index < -0.39 is 0 Å². The molecular weight excluding hydrogens is 364 g/mol. The van der Waals surface area contributed by atoms with Gasteiger partial charge in [0, 0.05) is 6.04 Å². The summed E-state index contributed by atoms with van der Waals surface area (Å²) in [7, 11) is 1.63. The lowest BCUT2D eigenvalue weighted by Crippen LogP contribution is -2.41. The molecule has 0 aromatic heterocycles. The first-order chi connectivity index (χ1) is 13.2. The number of ether oxygens (including phenoxy) is 1. The van der Waals surface area contributed by atoms with Gasteiger partial charge in [-0.1, -0.05) is 54.1 Å². The first-order valence-electron chi connectivity index (χ1n) is 8.56. The Morgan fingerprint density at radius 2 is 1.93 bits per heavy atom. The monoisotopic (exact) mass is 384 g/mol. The van der Waals surface area contributed by atoms with Gasteiger partial charge in [0.05, 0.1) is 18.4 Å². The van der Waals surface area contributed by atoms with Crippen LogP contribution >= 0.6 is 11.6 Å². The van der Waals surface area contributed by atoms with E-state index in [-0.39, 0.29) is 18.0 Å². The number of nitrogens with one attached hydrogen (secondary N) is 3. The summed E-state index contributed by atoms with van der Waals surface area (Å²) in [5, 5.41) is 4.35. The summed E-state index contributed by atoms with van der Waals surface area (Å²) in [4.78, 5) is 12.3. The van der Waals surface area contributed by atoms with Crippen LogP contribution in [-0.4, -0.2) is 25.3 Å². The lowest BCUT2D eigenvalue weighted by molar-refractivity contribution is -0.122. The zero-order valence-electron chi connectivity index (χ0n) is 14.9. The van der Waals surface area contributed by atoms with E-state index in [1.165, 1.54) is 6.21 Å². The maximum atomic E-state index is 12.3. The van der Waals surface area contributed by atoms with Crippen molar-refractivity contribution in [2.75, 3.05) is 7.11 Å². The van der Waals surface area contributed by atoms with Gasteiger partial charge in [-0.05, 0) is 35.8 Å². The highest BCUT2D eigenvalue weighted by atomic mass is 35.5. The average molecular weight is 385 g/mol. The quantitative estimate of drug-likeness (QED) is 0.528. The van der Waals surface area contributed by atoms with Crippen LogP contribution in [0.25, 0.3) is 6.08 Å². The number of hydrogen-bond donors (Lipinski definition) is 3. The standard InChI is InChI=1S/C20H21ClN4O2/c1-27-17-9-7-15(8-10-17)18-12-19(24-23-18)20(26)25-22-13-16(21)11-14-5-3-2-4-6-14/h2-11,13,18-19,23-24H,12H2,1H3,(H,25,26)/b16-11-,22-13+. The van der Waals surface area contributed by atoms with Crippen LogP contribution in [0, 0.1) is 0 Å². The van der Waals surface area contributed by atoms with Crippen LogP contribution in [0.4, 0.5) is 0 Å². The van der Waals surface area contributed by atoms with Crippen LogP contribution in [0.1, 0.15) is 23.6 Å². The van der Waals surface area contributed by atoms with E-state index in [4.69, 9.17) is 16.3 Å². The first kappa shape index (κ1) is 19.1. The van der Waals surface area contributed by atoms with Gasteiger partial charge in [-0.25, -0.2) is 16.3 Å². The lowest BCUT2D eigenvalue weighted by Gasteiger charge is -2.10. The smallest absolute Gasteiger partial charge is 0.258 e. The van der Waals surface area contributed by atoms with Crippen LogP contribution in [0.5, 0.6) is 5.75 Å². The molecule has 0 saturated carbocycles. The van der Waals surface area contributed by atoms with Gasteiger partial charge in [0.15, 0.2) is 0 Å². The van der Waals surface area contributed by atoms with Crippen molar-refractivity contribution >= 4 is 29.8 Å². The molecule has 1 amide bonds. The van der Waals surface area contributed by atoms with Gasteiger partial charge in [0.2, 0.25) is 0 Å². The molecular formula is C20H21ClN4O2. The van der Waals surface area contributed by atoms with E-state index in [9.17, 15) is 4.79 Å². The fourth-order valence-corrected chi connectivity index (χ4v) is 2.94. The predicted octanol–water partition coefficient (Wildman–Crippen LogP) is 2.98. The Balaban J connectivity index is 1.50. The molecule has 1 heterocycles.